The molecule has 1 rings (SSSR count). The molecule has 26 heavy (non-hydrogen) atoms. The number of allylic oxidation sites excluding steroid dienone is 9. The first-order valence-electron chi connectivity index (χ1n) is 8.43. The minimum atomic E-state index is -0.549. The number of hydrogen-bond acceptors (Lipinski definition) is 3. The first-order chi connectivity index (χ1) is 12.2. The van der Waals surface area contributed by atoms with Crippen molar-refractivity contribution in [3.63, 3.8) is 0 Å². The van der Waals surface area contributed by atoms with Crippen LogP contribution in [-0.4, -0.2) is 25.3 Å². The van der Waals surface area contributed by atoms with Crippen molar-refractivity contribution in [1.82, 2.24) is 0 Å². The average Bonchev–Trinajstić information content (AvgIpc) is 2.58. The molecular formula is C21H26Cl2O3. The summed E-state index contributed by atoms with van der Waals surface area (Å²) in [6.07, 6.45) is 13.5. The van der Waals surface area contributed by atoms with Gasteiger partial charge in [-0.3, -0.25) is 0 Å². The molecule has 0 aromatic carbocycles. The number of hydrogen-bond donors (Lipinski definition) is 0. The maximum atomic E-state index is 11.4. The van der Waals surface area contributed by atoms with Crippen molar-refractivity contribution in [2.24, 2.45) is 0 Å². The van der Waals surface area contributed by atoms with Crippen molar-refractivity contribution in [1.29, 1.82) is 0 Å². The van der Waals surface area contributed by atoms with Crippen molar-refractivity contribution in [2.75, 3.05) is 13.7 Å². The van der Waals surface area contributed by atoms with Crippen LogP contribution >= 0.6 is 23.2 Å². The topological polar surface area (TPSA) is 35.5 Å². The van der Waals surface area contributed by atoms with Gasteiger partial charge in [0.2, 0.25) is 0 Å². The molecule has 0 aliphatic heterocycles. The first-order valence-corrected chi connectivity index (χ1v) is 9.18. The lowest BCUT2D eigenvalue weighted by Gasteiger charge is -2.31. The van der Waals surface area contributed by atoms with Crippen LogP contribution in [0.15, 0.2) is 69.3 Å². The number of halogens is 2. The number of carbonyl (C=O) groups excluding carboxylic acids is 1. The molecular weight excluding hydrogens is 371 g/mol. The summed E-state index contributed by atoms with van der Waals surface area (Å²) >= 11 is 12.8. The third-order valence-corrected chi connectivity index (χ3v) is 4.90. The molecule has 1 aliphatic rings. The van der Waals surface area contributed by atoms with Crippen LogP contribution in [0.5, 0.6) is 0 Å². The van der Waals surface area contributed by atoms with Crippen LogP contribution in [0.1, 0.15) is 34.1 Å². The van der Waals surface area contributed by atoms with Gasteiger partial charge in [0.25, 0.3) is 0 Å². The molecule has 0 saturated heterocycles. The van der Waals surface area contributed by atoms with E-state index in [1.807, 2.05) is 57.2 Å². The maximum Gasteiger partial charge on any atom is 0.330 e. The smallest absolute Gasteiger partial charge is 0.330 e. The summed E-state index contributed by atoms with van der Waals surface area (Å²) in [6.45, 7) is 7.89. The van der Waals surface area contributed by atoms with E-state index in [1.165, 1.54) is 6.08 Å². The summed E-state index contributed by atoms with van der Waals surface area (Å²) in [5.74, 6) is -0.336. The molecule has 0 spiro atoms. The highest BCUT2D eigenvalue weighted by Gasteiger charge is 2.32. The number of esters is 1. The van der Waals surface area contributed by atoms with Gasteiger partial charge in [0, 0.05) is 30.2 Å². The Morgan fingerprint density at radius 2 is 1.96 bits per heavy atom. The molecule has 0 N–H and O–H groups in total. The number of methoxy groups -OCH3 is 1. The molecule has 0 heterocycles. The minimum Gasteiger partial charge on any atom is -0.463 e. The second kappa shape index (κ2) is 10.6. The van der Waals surface area contributed by atoms with Crippen LogP contribution in [-0.2, 0) is 14.3 Å². The van der Waals surface area contributed by atoms with E-state index in [2.05, 4.69) is 0 Å². The highest BCUT2D eigenvalue weighted by molar-refractivity contribution is 6.37. The largest absolute Gasteiger partial charge is 0.463 e. The maximum absolute atomic E-state index is 11.4. The number of carbonyl (C=O) groups is 1. The molecule has 5 heteroatoms. The Hall–Kier alpha value is -1.55. The normalized spacial score (nSPS) is 22.3. The van der Waals surface area contributed by atoms with Crippen LogP contribution < -0.4 is 0 Å². The van der Waals surface area contributed by atoms with Crippen molar-refractivity contribution in [3.8, 4) is 0 Å². The van der Waals surface area contributed by atoms with Crippen LogP contribution in [0, 0.1) is 0 Å². The van der Waals surface area contributed by atoms with Crippen LogP contribution in [0.3, 0.4) is 0 Å². The van der Waals surface area contributed by atoms with Crippen LogP contribution in [0.25, 0.3) is 0 Å². The van der Waals surface area contributed by atoms with Crippen molar-refractivity contribution < 1.29 is 14.3 Å². The lowest BCUT2D eigenvalue weighted by Crippen LogP contribution is -2.30. The lowest BCUT2D eigenvalue weighted by molar-refractivity contribution is -0.137. The zero-order chi connectivity index (χ0) is 19.7. The molecule has 142 valence electrons. The van der Waals surface area contributed by atoms with E-state index < -0.39 is 5.60 Å². The van der Waals surface area contributed by atoms with E-state index in [4.69, 9.17) is 32.7 Å². The Morgan fingerprint density at radius 1 is 1.27 bits per heavy atom. The highest BCUT2D eigenvalue weighted by Crippen LogP contribution is 2.39. The van der Waals surface area contributed by atoms with Gasteiger partial charge in [-0.1, -0.05) is 65.2 Å². The quantitative estimate of drug-likeness (QED) is 0.301. The molecule has 1 aliphatic carbocycles. The third-order valence-electron chi connectivity index (χ3n) is 3.94. The molecule has 1 unspecified atom stereocenters. The van der Waals surface area contributed by atoms with Gasteiger partial charge in [-0.05, 0) is 33.3 Å². The second-order valence-corrected chi connectivity index (χ2v) is 6.95. The SMILES string of the molecule is CCOC(=O)C=C(C)C=CC=C(C)C=CC1=C(Cl)C(C)(OC)CC=C1Cl. The third kappa shape index (κ3) is 6.64. The number of rotatable bonds is 7. The Labute approximate surface area is 166 Å². The van der Waals surface area contributed by atoms with Gasteiger partial charge in [-0.15, -0.1) is 0 Å². The van der Waals surface area contributed by atoms with E-state index in [9.17, 15) is 4.79 Å². The monoisotopic (exact) mass is 396 g/mol. The van der Waals surface area contributed by atoms with Crippen molar-refractivity contribution in [3.05, 3.63) is 69.3 Å². The Kier molecular flexibility index (Phi) is 9.14. The van der Waals surface area contributed by atoms with Gasteiger partial charge in [0.1, 0.15) is 5.60 Å². The van der Waals surface area contributed by atoms with Crippen molar-refractivity contribution in [2.45, 2.75) is 39.7 Å². The molecule has 1 atom stereocenters. The first kappa shape index (κ1) is 22.5. The Morgan fingerprint density at radius 3 is 2.58 bits per heavy atom. The van der Waals surface area contributed by atoms with Crippen LogP contribution in [0.2, 0.25) is 0 Å². The van der Waals surface area contributed by atoms with Gasteiger partial charge in [-0.25, -0.2) is 4.79 Å². The molecule has 3 nitrogen and oxygen atoms in total. The van der Waals surface area contributed by atoms with Gasteiger partial charge in [0.05, 0.1) is 11.6 Å². The molecule has 0 radical (unpaired) electrons. The van der Waals surface area contributed by atoms with Crippen molar-refractivity contribution >= 4 is 29.2 Å². The fourth-order valence-corrected chi connectivity index (χ4v) is 2.84. The zero-order valence-electron chi connectivity index (χ0n) is 15.9. The van der Waals surface area contributed by atoms with E-state index in [0.717, 1.165) is 16.7 Å². The number of ether oxygens (including phenoxy) is 2. The molecule has 0 fully saturated rings. The summed E-state index contributed by atoms with van der Waals surface area (Å²) < 4.78 is 10.4. The molecule has 0 amide bonds. The zero-order valence-corrected chi connectivity index (χ0v) is 17.4. The van der Waals surface area contributed by atoms with Gasteiger partial charge < -0.3 is 9.47 Å². The summed E-state index contributed by atoms with van der Waals surface area (Å²) in [7, 11) is 1.64. The predicted molar refractivity (Wildman–Crippen MR) is 109 cm³/mol. The van der Waals surface area contributed by atoms with E-state index in [-0.39, 0.29) is 5.97 Å². The van der Waals surface area contributed by atoms with E-state index in [1.54, 1.807) is 14.0 Å². The molecule has 0 saturated carbocycles. The summed E-state index contributed by atoms with van der Waals surface area (Å²) in [5, 5.41) is 1.22. The van der Waals surface area contributed by atoms with Gasteiger partial charge in [-0.2, -0.15) is 0 Å². The summed E-state index contributed by atoms with van der Waals surface area (Å²) in [5.41, 5.74) is 2.04. The van der Waals surface area contributed by atoms with Gasteiger partial charge in [0.15, 0.2) is 0 Å². The molecule has 0 aromatic rings. The summed E-state index contributed by atoms with van der Waals surface area (Å²) in [4.78, 5) is 11.4. The highest BCUT2D eigenvalue weighted by atomic mass is 35.5. The molecule has 0 bridgehead atoms. The van der Waals surface area contributed by atoms with E-state index in [0.29, 0.717) is 23.1 Å². The Balaban J connectivity index is 2.86. The minimum absolute atomic E-state index is 0.336. The predicted octanol–water partition coefficient (Wildman–Crippen LogP) is 5.98. The van der Waals surface area contributed by atoms with E-state index >= 15 is 0 Å². The standard InChI is InChI=1S/C21H26Cl2O3/c1-6-26-19(24)14-16(3)9-7-8-15(2)10-11-17-18(22)12-13-21(4,25-5)20(17)23/h7-12,14H,6,13H2,1-5H3. The fourth-order valence-electron chi connectivity index (χ4n) is 2.24. The fraction of sp³-hybridized carbons (Fsp3) is 0.381. The van der Waals surface area contributed by atoms with Crippen LogP contribution in [0.4, 0.5) is 0 Å². The lowest BCUT2D eigenvalue weighted by atomic mass is 9.92. The Bertz CT molecular complexity index is 709. The second-order valence-electron chi connectivity index (χ2n) is 6.16. The summed E-state index contributed by atoms with van der Waals surface area (Å²) in [6, 6.07) is 0. The molecule has 0 aromatic heterocycles. The van der Waals surface area contributed by atoms with Gasteiger partial charge >= 0.3 is 5.97 Å². The average molecular weight is 397 g/mol.